The first-order valence-corrected chi connectivity index (χ1v) is 4.28. The highest BCUT2D eigenvalue weighted by atomic mass is 16.6. The molecule has 0 aliphatic carbocycles. The molecular weight excluding hydrogens is 154 g/mol. The van der Waals surface area contributed by atoms with Crippen LogP contribution in [0.1, 0.15) is 40.5 Å². The number of carbonyl (C=O) groups excluding carboxylic acids is 1. The molecule has 72 valence electrons. The minimum atomic E-state index is -0.380. The average molecular weight is 173 g/mol. The fraction of sp³-hybridized carbons (Fsp3) is 0.889. The number of rotatable bonds is 3. The summed E-state index contributed by atoms with van der Waals surface area (Å²) in [5, 5.41) is 0. The molecule has 0 heterocycles. The quantitative estimate of drug-likeness (QED) is 0.657. The molecule has 0 aromatic rings. The van der Waals surface area contributed by atoms with Crippen molar-refractivity contribution in [2.24, 2.45) is 5.73 Å². The van der Waals surface area contributed by atoms with Gasteiger partial charge in [-0.1, -0.05) is 0 Å². The predicted octanol–water partition coefficient (Wildman–Crippen LogP) is 1.46. The zero-order chi connectivity index (χ0) is 9.78. The first-order valence-electron chi connectivity index (χ1n) is 4.28. The molecule has 1 atom stereocenters. The van der Waals surface area contributed by atoms with Crippen LogP contribution < -0.4 is 5.73 Å². The van der Waals surface area contributed by atoms with Crippen LogP contribution in [0.3, 0.4) is 0 Å². The minimum Gasteiger partial charge on any atom is -0.460 e. The van der Waals surface area contributed by atoms with Crippen LogP contribution >= 0.6 is 0 Å². The largest absolute Gasteiger partial charge is 0.460 e. The molecule has 0 aliphatic rings. The van der Waals surface area contributed by atoms with Crippen molar-refractivity contribution in [3.63, 3.8) is 0 Å². The third-order valence-electron chi connectivity index (χ3n) is 1.22. The van der Waals surface area contributed by atoms with Crippen LogP contribution in [0.4, 0.5) is 0 Å². The molecule has 12 heavy (non-hydrogen) atoms. The maximum atomic E-state index is 11.1. The van der Waals surface area contributed by atoms with Gasteiger partial charge < -0.3 is 10.5 Å². The lowest BCUT2D eigenvalue weighted by molar-refractivity contribution is -0.155. The smallest absolute Gasteiger partial charge is 0.306 e. The van der Waals surface area contributed by atoms with Crippen molar-refractivity contribution in [2.45, 2.75) is 52.2 Å². The van der Waals surface area contributed by atoms with Crippen molar-refractivity contribution in [2.75, 3.05) is 0 Å². The van der Waals surface area contributed by atoms with Gasteiger partial charge in [0.15, 0.2) is 0 Å². The number of esters is 1. The lowest BCUT2D eigenvalue weighted by Gasteiger charge is -2.19. The van der Waals surface area contributed by atoms with Crippen molar-refractivity contribution in [1.29, 1.82) is 0 Å². The minimum absolute atomic E-state index is 0.0671. The van der Waals surface area contributed by atoms with Crippen LogP contribution in [0.2, 0.25) is 0 Å². The van der Waals surface area contributed by atoms with Gasteiger partial charge in [-0.05, 0) is 34.1 Å². The Morgan fingerprint density at radius 1 is 1.50 bits per heavy atom. The SMILES string of the molecule is C[C@H](N)CCC(=O)OC(C)(C)C. The Morgan fingerprint density at radius 2 is 2.00 bits per heavy atom. The molecule has 0 saturated carbocycles. The Balaban J connectivity index is 3.61. The Hall–Kier alpha value is -0.570. The summed E-state index contributed by atoms with van der Waals surface area (Å²) in [5.74, 6) is -0.167. The molecule has 0 fully saturated rings. The first kappa shape index (κ1) is 11.4. The molecule has 0 amide bonds. The Kier molecular flexibility index (Phi) is 4.24. The third-order valence-corrected chi connectivity index (χ3v) is 1.22. The Morgan fingerprint density at radius 3 is 2.33 bits per heavy atom. The third kappa shape index (κ3) is 7.54. The molecule has 3 nitrogen and oxygen atoms in total. The summed E-state index contributed by atoms with van der Waals surface area (Å²) in [7, 11) is 0. The van der Waals surface area contributed by atoms with Gasteiger partial charge in [-0.15, -0.1) is 0 Å². The highest BCUT2D eigenvalue weighted by Gasteiger charge is 2.15. The lowest BCUT2D eigenvalue weighted by Crippen LogP contribution is -2.25. The Labute approximate surface area is 74.3 Å². The summed E-state index contributed by atoms with van der Waals surface area (Å²) in [6.07, 6.45) is 1.10. The van der Waals surface area contributed by atoms with Crippen molar-refractivity contribution < 1.29 is 9.53 Å². The number of hydrogen-bond acceptors (Lipinski definition) is 3. The maximum absolute atomic E-state index is 11.1. The van der Waals surface area contributed by atoms with Crippen LogP contribution in [0.25, 0.3) is 0 Å². The van der Waals surface area contributed by atoms with Crippen molar-refractivity contribution in [3.8, 4) is 0 Å². The lowest BCUT2D eigenvalue weighted by atomic mass is 10.1. The average Bonchev–Trinajstić information content (AvgIpc) is 1.79. The van der Waals surface area contributed by atoms with E-state index < -0.39 is 0 Å². The van der Waals surface area contributed by atoms with E-state index in [1.165, 1.54) is 0 Å². The summed E-state index contributed by atoms with van der Waals surface area (Å²) < 4.78 is 5.09. The molecule has 0 aromatic heterocycles. The van der Waals surface area contributed by atoms with E-state index in [1.807, 2.05) is 27.7 Å². The van der Waals surface area contributed by atoms with Gasteiger partial charge in [0.25, 0.3) is 0 Å². The van der Waals surface area contributed by atoms with E-state index in [0.29, 0.717) is 12.8 Å². The second-order valence-corrected chi connectivity index (χ2v) is 4.10. The van der Waals surface area contributed by atoms with E-state index in [-0.39, 0.29) is 17.6 Å². The zero-order valence-electron chi connectivity index (χ0n) is 8.39. The number of hydrogen-bond donors (Lipinski definition) is 1. The molecule has 0 aromatic carbocycles. The van der Waals surface area contributed by atoms with Gasteiger partial charge in [-0.2, -0.15) is 0 Å². The van der Waals surface area contributed by atoms with E-state index in [1.54, 1.807) is 0 Å². The molecule has 3 heteroatoms. The monoisotopic (exact) mass is 173 g/mol. The summed E-state index contributed by atoms with van der Waals surface area (Å²) in [5.41, 5.74) is 5.12. The van der Waals surface area contributed by atoms with Gasteiger partial charge in [-0.25, -0.2) is 0 Å². The second kappa shape index (κ2) is 4.45. The molecule has 0 aliphatic heterocycles. The van der Waals surface area contributed by atoms with E-state index in [9.17, 15) is 4.79 Å². The van der Waals surface area contributed by atoms with Crippen LogP contribution in [0.5, 0.6) is 0 Å². The van der Waals surface area contributed by atoms with Gasteiger partial charge in [0, 0.05) is 12.5 Å². The van der Waals surface area contributed by atoms with Gasteiger partial charge in [0.2, 0.25) is 0 Å². The topological polar surface area (TPSA) is 52.3 Å². The zero-order valence-corrected chi connectivity index (χ0v) is 8.39. The highest BCUT2D eigenvalue weighted by molar-refractivity contribution is 5.69. The summed E-state index contributed by atoms with van der Waals surface area (Å²) >= 11 is 0. The molecule has 0 radical (unpaired) electrons. The summed E-state index contributed by atoms with van der Waals surface area (Å²) in [6.45, 7) is 7.45. The summed E-state index contributed by atoms with van der Waals surface area (Å²) in [4.78, 5) is 11.1. The van der Waals surface area contributed by atoms with Gasteiger partial charge in [0.1, 0.15) is 5.60 Å². The molecular formula is C9H19NO2. The van der Waals surface area contributed by atoms with Crippen molar-refractivity contribution in [1.82, 2.24) is 0 Å². The molecule has 0 unspecified atom stereocenters. The molecule has 0 bridgehead atoms. The fourth-order valence-corrected chi connectivity index (χ4v) is 0.738. The van der Waals surface area contributed by atoms with E-state index in [2.05, 4.69) is 0 Å². The molecule has 0 spiro atoms. The van der Waals surface area contributed by atoms with E-state index >= 15 is 0 Å². The predicted molar refractivity (Wildman–Crippen MR) is 48.7 cm³/mol. The van der Waals surface area contributed by atoms with Crippen LogP contribution in [0, 0.1) is 0 Å². The molecule has 0 rings (SSSR count). The Bertz CT molecular complexity index is 147. The highest BCUT2D eigenvalue weighted by Crippen LogP contribution is 2.09. The molecule has 2 N–H and O–H groups in total. The van der Waals surface area contributed by atoms with Gasteiger partial charge in [0.05, 0.1) is 0 Å². The van der Waals surface area contributed by atoms with Gasteiger partial charge >= 0.3 is 5.97 Å². The van der Waals surface area contributed by atoms with Crippen LogP contribution in [-0.2, 0) is 9.53 Å². The van der Waals surface area contributed by atoms with Crippen LogP contribution in [-0.4, -0.2) is 17.6 Å². The molecule has 0 saturated heterocycles. The van der Waals surface area contributed by atoms with Crippen molar-refractivity contribution in [3.05, 3.63) is 0 Å². The first-order chi connectivity index (χ1) is 5.31. The van der Waals surface area contributed by atoms with Gasteiger partial charge in [-0.3, -0.25) is 4.79 Å². The fourth-order valence-electron chi connectivity index (χ4n) is 0.738. The maximum Gasteiger partial charge on any atom is 0.306 e. The summed E-state index contributed by atoms with van der Waals surface area (Å²) in [6, 6.07) is 0.0671. The standard InChI is InChI=1S/C9H19NO2/c1-7(10)5-6-8(11)12-9(2,3)4/h7H,5-6,10H2,1-4H3/t7-/m0/s1. The number of nitrogens with two attached hydrogens (primary N) is 1. The van der Waals surface area contributed by atoms with E-state index in [0.717, 1.165) is 0 Å². The second-order valence-electron chi connectivity index (χ2n) is 4.10. The number of ether oxygens (including phenoxy) is 1. The van der Waals surface area contributed by atoms with Crippen molar-refractivity contribution >= 4 is 5.97 Å². The number of carbonyl (C=O) groups is 1. The van der Waals surface area contributed by atoms with Crippen LogP contribution in [0.15, 0.2) is 0 Å². The normalized spacial score (nSPS) is 14.1. The van der Waals surface area contributed by atoms with E-state index in [4.69, 9.17) is 10.5 Å².